The largest absolute Gasteiger partial charge is 0.497 e. The number of nitrogens with one attached hydrogen (secondary N) is 1. The normalized spacial score (nSPS) is 12.8. The third-order valence-electron chi connectivity index (χ3n) is 3.92. The van der Waals surface area contributed by atoms with Gasteiger partial charge >= 0.3 is 0 Å². The third kappa shape index (κ3) is 3.21. The van der Waals surface area contributed by atoms with Gasteiger partial charge in [-0.25, -0.2) is 0 Å². The second-order valence-corrected chi connectivity index (χ2v) is 5.94. The zero-order valence-corrected chi connectivity index (χ0v) is 14.8. The lowest BCUT2D eigenvalue weighted by atomic mass is 10.1. The minimum absolute atomic E-state index is 0.189. The number of hydrogen-bond donors (Lipinski definition) is 1. The molecule has 1 heterocycles. The molecule has 134 valence electrons. The van der Waals surface area contributed by atoms with Gasteiger partial charge in [0.2, 0.25) is 5.91 Å². The van der Waals surface area contributed by atoms with Gasteiger partial charge in [-0.3, -0.25) is 19.3 Å². The number of anilines is 1. The predicted molar refractivity (Wildman–Crippen MR) is 95.0 cm³/mol. The second-order valence-electron chi connectivity index (χ2n) is 5.50. The Morgan fingerprint density at radius 1 is 1.04 bits per heavy atom. The Labute approximate surface area is 154 Å². The molecule has 0 aliphatic carbocycles. The van der Waals surface area contributed by atoms with Crippen LogP contribution in [0.15, 0.2) is 36.4 Å². The van der Waals surface area contributed by atoms with Gasteiger partial charge in [-0.2, -0.15) is 0 Å². The lowest BCUT2D eigenvalue weighted by Crippen LogP contribution is -2.37. The van der Waals surface area contributed by atoms with Crippen LogP contribution in [0.25, 0.3) is 0 Å². The average molecular weight is 375 g/mol. The first-order valence-electron chi connectivity index (χ1n) is 7.62. The van der Waals surface area contributed by atoms with Crippen LogP contribution in [0.2, 0.25) is 5.02 Å². The minimum atomic E-state index is -0.555. The molecule has 0 aromatic heterocycles. The van der Waals surface area contributed by atoms with E-state index < -0.39 is 24.3 Å². The Morgan fingerprint density at radius 3 is 2.46 bits per heavy atom. The number of carbonyl (C=O) groups excluding carboxylic acids is 3. The van der Waals surface area contributed by atoms with Gasteiger partial charge in [-0.15, -0.1) is 0 Å². The molecular formula is C18H15ClN2O5. The number of rotatable bonds is 5. The van der Waals surface area contributed by atoms with Crippen LogP contribution in [0, 0.1) is 0 Å². The van der Waals surface area contributed by atoms with Gasteiger partial charge in [0.05, 0.1) is 31.0 Å². The molecule has 0 saturated carbocycles. The van der Waals surface area contributed by atoms with E-state index in [9.17, 15) is 14.4 Å². The monoisotopic (exact) mass is 374 g/mol. The van der Waals surface area contributed by atoms with E-state index in [1.54, 1.807) is 18.2 Å². The molecule has 2 aromatic rings. The van der Waals surface area contributed by atoms with Crippen LogP contribution in [0.1, 0.15) is 20.7 Å². The topological polar surface area (TPSA) is 84.9 Å². The number of benzene rings is 2. The van der Waals surface area contributed by atoms with Gasteiger partial charge in [-0.1, -0.05) is 11.6 Å². The predicted octanol–water partition coefficient (Wildman–Crippen LogP) is 2.59. The molecule has 1 aliphatic heterocycles. The van der Waals surface area contributed by atoms with Crippen molar-refractivity contribution in [2.75, 3.05) is 26.1 Å². The van der Waals surface area contributed by atoms with E-state index in [1.807, 2.05) is 0 Å². The summed E-state index contributed by atoms with van der Waals surface area (Å²) < 4.78 is 10.3. The van der Waals surface area contributed by atoms with Crippen LogP contribution in [0.5, 0.6) is 11.5 Å². The van der Waals surface area contributed by atoms with Crippen LogP contribution in [0.4, 0.5) is 5.69 Å². The van der Waals surface area contributed by atoms with E-state index in [1.165, 1.54) is 32.4 Å². The van der Waals surface area contributed by atoms with Gasteiger partial charge in [0.25, 0.3) is 11.8 Å². The Balaban J connectivity index is 1.77. The molecule has 0 spiro atoms. The number of halogens is 1. The Kier molecular flexibility index (Phi) is 4.81. The van der Waals surface area contributed by atoms with Crippen LogP contribution in [-0.2, 0) is 4.79 Å². The van der Waals surface area contributed by atoms with Crippen molar-refractivity contribution in [1.29, 1.82) is 0 Å². The standard InChI is InChI=1S/C18H15ClN2O5/c1-25-11-4-6-15(26-2)14(8-11)20-16(22)9-21-17(23)12-5-3-10(19)7-13(12)18(21)24/h3-8H,9H2,1-2H3,(H,20,22). The molecule has 0 fully saturated rings. The van der Waals surface area contributed by atoms with Gasteiger partial charge in [-0.05, 0) is 30.3 Å². The Hall–Kier alpha value is -3.06. The van der Waals surface area contributed by atoms with Gasteiger partial charge in [0, 0.05) is 11.1 Å². The first-order chi connectivity index (χ1) is 12.4. The molecule has 1 aliphatic rings. The second kappa shape index (κ2) is 7.05. The van der Waals surface area contributed by atoms with E-state index >= 15 is 0 Å². The summed E-state index contributed by atoms with van der Waals surface area (Å²) in [4.78, 5) is 38.0. The maximum Gasteiger partial charge on any atom is 0.262 e. The molecule has 7 nitrogen and oxygen atoms in total. The highest BCUT2D eigenvalue weighted by Gasteiger charge is 2.36. The van der Waals surface area contributed by atoms with E-state index in [4.69, 9.17) is 21.1 Å². The van der Waals surface area contributed by atoms with E-state index in [-0.39, 0.29) is 11.1 Å². The fourth-order valence-corrected chi connectivity index (χ4v) is 2.82. The van der Waals surface area contributed by atoms with Crippen molar-refractivity contribution in [3.05, 3.63) is 52.5 Å². The van der Waals surface area contributed by atoms with Crippen LogP contribution in [-0.4, -0.2) is 43.4 Å². The third-order valence-corrected chi connectivity index (χ3v) is 4.15. The van der Waals surface area contributed by atoms with Crippen LogP contribution < -0.4 is 14.8 Å². The maximum atomic E-state index is 12.4. The fraction of sp³-hybridized carbons (Fsp3) is 0.167. The van der Waals surface area contributed by atoms with Gasteiger partial charge < -0.3 is 14.8 Å². The molecule has 3 rings (SSSR count). The number of fused-ring (bicyclic) bond motifs is 1. The molecule has 0 unspecified atom stereocenters. The smallest absolute Gasteiger partial charge is 0.262 e. The first-order valence-corrected chi connectivity index (χ1v) is 8.00. The number of methoxy groups -OCH3 is 2. The highest BCUT2D eigenvalue weighted by atomic mass is 35.5. The summed E-state index contributed by atoms with van der Waals surface area (Å²) in [5.74, 6) is -0.684. The van der Waals surface area contributed by atoms with Crippen LogP contribution >= 0.6 is 11.6 Å². The minimum Gasteiger partial charge on any atom is -0.497 e. The van der Waals surface area contributed by atoms with E-state index in [0.717, 1.165) is 4.90 Å². The molecule has 1 N–H and O–H groups in total. The zero-order valence-electron chi connectivity index (χ0n) is 14.0. The van der Waals surface area contributed by atoms with Gasteiger partial charge in [0.15, 0.2) is 0 Å². The Bertz CT molecular complexity index is 912. The molecule has 2 aromatic carbocycles. The number of nitrogens with zero attached hydrogens (tertiary/aromatic N) is 1. The van der Waals surface area contributed by atoms with E-state index in [2.05, 4.69) is 5.32 Å². The number of amides is 3. The quantitative estimate of drug-likeness (QED) is 0.813. The molecule has 0 saturated heterocycles. The lowest BCUT2D eigenvalue weighted by molar-refractivity contribution is -0.116. The van der Waals surface area contributed by atoms with Gasteiger partial charge in [0.1, 0.15) is 18.0 Å². The summed E-state index contributed by atoms with van der Waals surface area (Å²) >= 11 is 5.87. The summed E-state index contributed by atoms with van der Waals surface area (Å²) in [6, 6.07) is 9.32. The first kappa shape index (κ1) is 17.8. The van der Waals surface area contributed by atoms with Crippen molar-refractivity contribution < 1.29 is 23.9 Å². The number of carbonyl (C=O) groups is 3. The number of ether oxygens (including phenoxy) is 2. The van der Waals surface area contributed by atoms with Crippen molar-refractivity contribution in [2.24, 2.45) is 0 Å². The summed E-state index contributed by atoms with van der Waals surface area (Å²) in [6.07, 6.45) is 0. The maximum absolute atomic E-state index is 12.4. The van der Waals surface area contributed by atoms with E-state index in [0.29, 0.717) is 22.2 Å². The molecule has 0 bridgehead atoms. The van der Waals surface area contributed by atoms with Crippen molar-refractivity contribution in [1.82, 2.24) is 4.90 Å². The summed E-state index contributed by atoms with van der Waals surface area (Å²) in [5, 5.41) is 2.97. The summed E-state index contributed by atoms with van der Waals surface area (Å²) in [6.45, 7) is -0.426. The summed E-state index contributed by atoms with van der Waals surface area (Å²) in [5.41, 5.74) is 0.789. The SMILES string of the molecule is COc1ccc(OC)c(NC(=O)CN2C(=O)c3ccc(Cl)cc3C2=O)c1. The number of hydrogen-bond acceptors (Lipinski definition) is 5. The number of imide groups is 1. The zero-order chi connectivity index (χ0) is 18.8. The van der Waals surface area contributed by atoms with Crippen LogP contribution in [0.3, 0.4) is 0 Å². The molecule has 3 amide bonds. The van der Waals surface area contributed by atoms with Crippen molar-refractivity contribution >= 4 is 35.0 Å². The highest BCUT2D eigenvalue weighted by molar-refractivity contribution is 6.32. The average Bonchev–Trinajstić information content (AvgIpc) is 2.86. The molecular weight excluding hydrogens is 360 g/mol. The fourth-order valence-electron chi connectivity index (χ4n) is 2.65. The molecule has 0 atom stereocenters. The summed E-state index contributed by atoms with van der Waals surface area (Å²) in [7, 11) is 2.96. The molecule has 0 radical (unpaired) electrons. The molecule has 8 heteroatoms. The van der Waals surface area contributed by atoms with Crippen molar-refractivity contribution in [2.45, 2.75) is 0 Å². The van der Waals surface area contributed by atoms with Crippen molar-refractivity contribution in [3.63, 3.8) is 0 Å². The van der Waals surface area contributed by atoms with Crippen molar-refractivity contribution in [3.8, 4) is 11.5 Å². The molecule has 26 heavy (non-hydrogen) atoms. The highest BCUT2D eigenvalue weighted by Crippen LogP contribution is 2.29. The Morgan fingerprint density at radius 2 is 1.77 bits per heavy atom. The lowest BCUT2D eigenvalue weighted by Gasteiger charge is -2.15.